The van der Waals surface area contributed by atoms with Crippen molar-refractivity contribution in [3.05, 3.63) is 106 Å². The van der Waals surface area contributed by atoms with E-state index < -0.39 is 17.7 Å². The summed E-state index contributed by atoms with van der Waals surface area (Å²) in [7, 11) is 0. The molecule has 4 atom stereocenters. The van der Waals surface area contributed by atoms with Crippen LogP contribution in [0.4, 0.5) is 13.2 Å². The van der Waals surface area contributed by atoms with Gasteiger partial charge in [-0.3, -0.25) is 4.79 Å². The molecular weight excluding hydrogens is 637 g/mol. The number of esters is 1. The van der Waals surface area contributed by atoms with Gasteiger partial charge >= 0.3 is 12.1 Å². The molecule has 2 aliphatic carbocycles. The zero-order valence-electron chi connectivity index (χ0n) is 28.7. The molecule has 5 rings (SSSR count). The van der Waals surface area contributed by atoms with Gasteiger partial charge in [-0.05, 0) is 96.7 Å². The highest BCUT2D eigenvalue weighted by molar-refractivity contribution is 5.89. The number of alkyl halides is 3. The predicted octanol–water partition coefficient (Wildman–Crippen LogP) is 8.81. The smallest absolute Gasteiger partial charge is 0.416 e. The Morgan fingerprint density at radius 3 is 2.33 bits per heavy atom. The summed E-state index contributed by atoms with van der Waals surface area (Å²) in [6.07, 6.45) is 1.51. The number of hydrogen-bond acceptors (Lipinski definition) is 4. The number of rotatable bonds is 9. The Morgan fingerprint density at radius 1 is 0.979 bits per heavy atom. The van der Waals surface area contributed by atoms with Gasteiger partial charge in [0.15, 0.2) is 0 Å². The molecule has 0 radical (unpaired) electrons. The van der Waals surface area contributed by atoms with Crippen LogP contribution >= 0.6 is 12.4 Å². The van der Waals surface area contributed by atoms with Gasteiger partial charge < -0.3 is 15.8 Å². The second kappa shape index (κ2) is 16.4. The second-order valence-electron chi connectivity index (χ2n) is 14.0. The number of carbonyl (C=O) groups excluding carboxylic acids is 2. The number of hydrogen-bond donors (Lipinski definition) is 2. The number of ether oxygens (including phenoxy) is 1. The number of nitrogens with one attached hydrogen (secondary N) is 1. The van der Waals surface area contributed by atoms with Gasteiger partial charge in [-0.25, -0.2) is 4.79 Å². The lowest BCUT2D eigenvalue weighted by Crippen LogP contribution is -2.54. The number of primary amides is 1. The maximum atomic E-state index is 12.7. The largest absolute Gasteiger partial charge is 0.461 e. The number of carbonyl (C=O) groups is 2. The van der Waals surface area contributed by atoms with Gasteiger partial charge in [0.2, 0.25) is 5.91 Å². The summed E-state index contributed by atoms with van der Waals surface area (Å²) in [6, 6.07) is 20.9. The van der Waals surface area contributed by atoms with Crippen LogP contribution in [0.3, 0.4) is 0 Å². The van der Waals surface area contributed by atoms with Gasteiger partial charge in [0.05, 0.1) is 11.1 Å². The van der Waals surface area contributed by atoms with Crippen LogP contribution in [0.15, 0.2) is 72.8 Å². The topological polar surface area (TPSA) is 81.4 Å². The second-order valence-corrected chi connectivity index (χ2v) is 14.0. The molecular formula is C39H50ClF3N2O3. The Bertz CT molecular complexity index is 1530. The zero-order chi connectivity index (χ0) is 34.4. The normalized spacial score (nSPS) is 22.2. The van der Waals surface area contributed by atoms with Crippen molar-refractivity contribution in [2.75, 3.05) is 13.2 Å². The minimum Gasteiger partial charge on any atom is -0.461 e. The van der Waals surface area contributed by atoms with Crippen molar-refractivity contribution in [1.29, 1.82) is 0 Å². The van der Waals surface area contributed by atoms with Crippen LogP contribution in [0.5, 0.6) is 0 Å². The fraction of sp³-hybridized carbons (Fsp3) is 0.487. The van der Waals surface area contributed by atoms with Crippen molar-refractivity contribution in [2.24, 2.45) is 17.1 Å². The average molecular weight is 687 g/mol. The van der Waals surface area contributed by atoms with Gasteiger partial charge in [-0.2, -0.15) is 13.2 Å². The summed E-state index contributed by atoms with van der Waals surface area (Å²) in [6.45, 7) is 11.5. The molecule has 48 heavy (non-hydrogen) atoms. The molecule has 3 N–H and O–H groups in total. The molecule has 1 saturated carbocycles. The van der Waals surface area contributed by atoms with E-state index in [-0.39, 0.29) is 41.8 Å². The number of halogens is 4. The Labute approximate surface area is 289 Å². The van der Waals surface area contributed by atoms with Crippen LogP contribution in [0, 0.1) is 11.3 Å². The Hall–Kier alpha value is -3.36. The van der Waals surface area contributed by atoms with E-state index in [0.29, 0.717) is 35.9 Å². The first kappa shape index (κ1) is 39.1. The Balaban J connectivity index is 0.000000257. The summed E-state index contributed by atoms with van der Waals surface area (Å²) in [5.74, 6) is 0.445. The van der Waals surface area contributed by atoms with E-state index in [4.69, 9.17) is 10.5 Å². The summed E-state index contributed by atoms with van der Waals surface area (Å²) < 4.78 is 43.3. The molecule has 0 spiro atoms. The molecule has 0 aliphatic heterocycles. The third-order valence-electron chi connectivity index (χ3n) is 10.2. The molecule has 3 aromatic carbocycles. The van der Waals surface area contributed by atoms with Gasteiger partial charge in [0.25, 0.3) is 0 Å². The number of aryl methyl sites for hydroxylation is 1. The van der Waals surface area contributed by atoms with Crippen LogP contribution < -0.4 is 11.1 Å². The number of nitrogens with two attached hydrogens (primary N) is 1. The van der Waals surface area contributed by atoms with Crippen molar-refractivity contribution in [3.63, 3.8) is 0 Å². The maximum Gasteiger partial charge on any atom is 0.416 e. The molecule has 9 heteroatoms. The van der Waals surface area contributed by atoms with Crippen molar-refractivity contribution in [3.8, 4) is 0 Å². The van der Waals surface area contributed by atoms with E-state index >= 15 is 0 Å². The minimum atomic E-state index is -4.34. The number of amides is 1. The molecule has 3 aromatic rings. The molecule has 5 nitrogen and oxygen atoms in total. The highest BCUT2D eigenvalue weighted by Gasteiger charge is 2.54. The fourth-order valence-electron chi connectivity index (χ4n) is 7.57. The Morgan fingerprint density at radius 2 is 1.69 bits per heavy atom. The van der Waals surface area contributed by atoms with E-state index in [1.54, 1.807) is 30.3 Å². The molecule has 1 amide bonds. The molecule has 262 valence electrons. The molecule has 0 heterocycles. The molecule has 0 aromatic heterocycles. The van der Waals surface area contributed by atoms with Crippen molar-refractivity contribution in [2.45, 2.75) is 96.7 Å². The SMILES string of the molecule is CC(C)c1ccc2c(c1)CCC1C(C)(C(N)=O)CCCC21C.CC(Cc1cccc(C(F)(F)F)c1)NCCOC(=O)c1ccccc1.Cl. The summed E-state index contributed by atoms with van der Waals surface area (Å²) >= 11 is 0. The van der Waals surface area contributed by atoms with E-state index in [1.807, 2.05) is 13.0 Å². The van der Waals surface area contributed by atoms with Crippen molar-refractivity contribution >= 4 is 24.3 Å². The summed E-state index contributed by atoms with van der Waals surface area (Å²) in [4.78, 5) is 23.9. The quantitative estimate of drug-likeness (QED) is 0.174. The van der Waals surface area contributed by atoms with Gasteiger partial charge in [0, 0.05) is 18.0 Å². The van der Waals surface area contributed by atoms with Crippen LogP contribution in [0.25, 0.3) is 0 Å². The lowest BCUT2D eigenvalue weighted by molar-refractivity contribution is -0.137. The lowest BCUT2D eigenvalue weighted by Gasteiger charge is -2.54. The van der Waals surface area contributed by atoms with Gasteiger partial charge in [-0.15, -0.1) is 12.4 Å². The van der Waals surface area contributed by atoms with Crippen LogP contribution in [-0.4, -0.2) is 31.1 Å². The maximum absolute atomic E-state index is 12.7. The number of benzene rings is 3. The van der Waals surface area contributed by atoms with Crippen LogP contribution in [0.2, 0.25) is 0 Å². The van der Waals surface area contributed by atoms with Crippen LogP contribution in [0.1, 0.15) is 104 Å². The third-order valence-corrected chi connectivity index (χ3v) is 10.2. The zero-order valence-corrected chi connectivity index (χ0v) is 29.5. The molecule has 2 aliphatic rings. The first-order valence-corrected chi connectivity index (χ1v) is 16.7. The lowest BCUT2D eigenvalue weighted by atomic mass is 9.49. The minimum absolute atomic E-state index is 0. The van der Waals surface area contributed by atoms with E-state index in [1.165, 1.54) is 29.2 Å². The highest BCUT2D eigenvalue weighted by Crippen LogP contribution is 2.57. The molecule has 4 unspecified atom stereocenters. The fourth-order valence-corrected chi connectivity index (χ4v) is 7.57. The standard InChI is InChI=1S/C20H29NO.C19H20F3NO2.ClH/c1-13(2)14-6-8-16-15(12-14)7-9-17-19(16,3)10-5-11-20(17,4)18(21)22;1-14(12-15-6-5-9-17(13-15)19(20,21)22)23-10-11-25-18(24)16-7-3-2-4-8-16;/h6,8,12-13,17H,5,7,9-11H2,1-4H3,(H2,21,22);2-9,13-14,23H,10-12H2,1H3;1H. The highest BCUT2D eigenvalue weighted by atomic mass is 35.5. The Kier molecular flexibility index (Phi) is 13.3. The first-order chi connectivity index (χ1) is 22.1. The van der Waals surface area contributed by atoms with Gasteiger partial charge in [0.1, 0.15) is 6.61 Å². The average Bonchev–Trinajstić information content (AvgIpc) is 3.03. The van der Waals surface area contributed by atoms with Crippen molar-refractivity contribution in [1.82, 2.24) is 5.32 Å². The van der Waals surface area contributed by atoms with Gasteiger partial charge in [-0.1, -0.05) is 88.7 Å². The van der Waals surface area contributed by atoms with E-state index in [9.17, 15) is 22.8 Å². The van der Waals surface area contributed by atoms with E-state index in [0.717, 1.165) is 37.8 Å². The van der Waals surface area contributed by atoms with Crippen LogP contribution in [-0.2, 0) is 34.0 Å². The molecule has 1 fully saturated rings. The van der Waals surface area contributed by atoms with Crippen molar-refractivity contribution < 1.29 is 27.5 Å². The third kappa shape index (κ3) is 9.20. The molecule has 0 saturated heterocycles. The number of fused-ring (bicyclic) bond motifs is 3. The summed E-state index contributed by atoms with van der Waals surface area (Å²) in [5, 5.41) is 3.14. The predicted molar refractivity (Wildman–Crippen MR) is 187 cm³/mol. The molecule has 0 bridgehead atoms. The van der Waals surface area contributed by atoms with E-state index in [2.05, 4.69) is 51.2 Å². The monoisotopic (exact) mass is 686 g/mol. The first-order valence-electron chi connectivity index (χ1n) is 16.7. The summed E-state index contributed by atoms with van der Waals surface area (Å²) in [5.41, 5.74) is 10.4.